The van der Waals surface area contributed by atoms with Crippen LogP contribution in [0.1, 0.15) is 6.92 Å². The quantitative estimate of drug-likeness (QED) is 0.487. The summed E-state index contributed by atoms with van der Waals surface area (Å²) in [5.74, 6) is -0.630. The van der Waals surface area contributed by atoms with Crippen molar-refractivity contribution in [2.45, 2.75) is 37.6 Å². The summed E-state index contributed by atoms with van der Waals surface area (Å²) in [4.78, 5) is 10.8. The highest BCUT2D eigenvalue weighted by molar-refractivity contribution is 5.66. The largest absolute Gasteiger partial charge is 0.457 e. The van der Waals surface area contributed by atoms with Crippen LogP contribution >= 0.6 is 0 Å². The summed E-state index contributed by atoms with van der Waals surface area (Å²) in [5, 5.41) is 28.3. The molecule has 0 saturated carbocycles. The lowest BCUT2D eigenvalue weighted by Crippen LogP contribution is -2.60. The maximum atomic E-state index is 10.8. The number of carbonyl (C=O) groups is 1. The molecule has 7 heteroatoms. The minimum atomic E-state index is -1.36. The highest BCUT2D eigenvalue weighted by Gasteiger charge is 2.46. The Labute approximate surface area is 92.5 Å². The molecule has 94 valence electrons. The average Bonchev–Trinajstić information content (AvgIpc) is 2.25. The second kappa shape index (κ2) is 5.55. The summed E-state index contributed by atoms with van der Waals surface area (Å²) in [6.45, 7) is 0.706. The topological polar surface area (TPSA) is 105 Å². The number of hydrogen-bond acceptors (Lipinski definition) is 7. The van der Waals surface area contributed by atoms with Gasteiger partial charge in [-0.2, -0.15) is 0 Å². The molecule has 5 atom stereocenters. The van der Waals surface area contributed by atoms with Crippen molar-refractivity contribution in [1.29, 1.82) is 0 Å². The van der Waals surface area contributed by atoms with Crippen LogP contribution < -0.4 is 0 Å². The van der Waals surface area contributed by atoms with Gasteiger partial charge in [-0.15, -0.1) is 0 Å². The van der Waals surface area contributed by atoms with Crippen molar-refractivity contribution in [3.05, 3.63) is 0 Å². The zero-order chi connectivity index (χ0) is 12.3. The van der Waals surface area contributed by atoms with Gasteiger partial charge < -0.3 is 29.5 Å². The first kappa shape index (κ1) is 13.3. The van der Waals surface area contributed by atoms with Gasteiger partial charge in [-0.3, -0.25) is 4.79 Å². The van der Waals surface area contributed by atoms with Gasteiger partial charge >= 0.3 is 5.97 Å². The fraction of sp³-hybridized carbons (Fsp3) is 0.889. The highest BCUT2D eigenvalue weighted by Crippen LogP contribution is 2.23. The van der Waals surface area contributed by atoms with Crippen LogP contribution in [0.15, 0.2) is 0 Å². The lowest BCUT2D eigenvalue weighted by molar-refractivity contribution is -0.296. The van der Waals surface area contributed by atoms with Crippen molar-refractivity contribution in [2.24, 2.45) is 0 Å². The van der Waals surface area contributed by atoms with Crippen LogP contribution in [0.4, 0.5) is 0 Å². The summed E-state index contributed by atoms with van der Waals surface area (Å²) < 4.78 is 14.7. The van der Waals surface area contributed by atoms with E-state index in [1.807, 2.05) is 0 Å². The Morgan fingerprint density at radius 1 is 1.38 bits per heavy atom. The van der Waals surface area contributed by atoms with Gasteiger partial charge in [-0.05, 0) is 0 Å². The molecule has 7 nitrogen and oxygen atoms in total. The normalized spacial score (nSPS) is 39.4. The van der Waals surface area contributed by atoms with Gasteiger partial charge in [-0.1, -0.05) is 0 Å². The SMILES string of the molecule is COC1OC(CO)C(OC(C)=O)C(O)C1O. The summed E-state index contributed by atoms with van der Waals surface area (Å²) in [5.41, 5.74) is 0. The van der Waals surface area contributed by atoms with E-state index in [1.54, 1.807) is 0 Å². The van der Waals surface area contributed by atoms with Crippen molar-refractivity contribution in [1.82, 2.24) is 0 Å². The van der Waals surface area contributed by atoms with Crippen molar-refractivity contribution >= 4 is 5.97 Å². The minimum Gasteiger partial charge on any atom is -0.457 e. The van der Waals surface area contributed by atoms with Crippen molar-refractivity contribution in [3.63, 3.8) is 0 Å². The molecule has 0 aromatic heterocycles. The summed E-state index contributed by atoms with van der Waals surface area (Å²) in [6, 6.07) is 0. The Hall–Kier alpha value is -0.730. The van der Waals surface area contributed by atoms with Crippen LogP contribution in [-0.2, 0) is 19.0 Å². The second-order valence-corrected chi connectivity index (χ2v) is 3.52. The summed E-state index contributed by atoms with van der Waals surface area (Å²) >= 11 is 0. The number of hydrogen-bond donors (Lipinski definition) is 3. The summed E-state index contributed by atoms with van der Waals surface area (Å²) in [7, 11) is 1.29. The zero-order valence-electron chi connectivity index (χ0n) is 9.07. The predicted molar refractivity (Wildman–Crippen MR) is 50.3 cm³/mol. The number of methoxy groups -OCH3 is 1. The van der Waals surface area contributed by atoms with Crippen LogP contribution in [0.25, 0.3) is 0 Å². The van der Waals surface area contributed by atoms with E-state index in [0.717, 1.165) is 6.92 Å². The van der Waals surface area contributed by atoms with Gasteiger partial charge in [-0.25, -0.2) is 0 Å². The van der Waals surface area contributed by atoms with E-state index >= 15 is 0 Å². The van der Waals surface area contributed by atoms with E-state index in [-0.39, 0.29) is 0 Å². The molecule has 0 aromatic rings. The Balaban J connectivity index is 2.77. The van der Waals surface area contributed by atoms with Crippen LogP contribution in [0.3, 0.4) is 0 Å². The van der Waals surface area contributed by atoms with E-state index in [9.17, 15) is 15.0 Å². The van der Waals surface area contributed by atoms with E-state index in [1.165, 1.54) is 7.11 Å². The minimum absolute atomic E-state index is 0.457. The number of ether oxygens (including phenoxy) is 3. The van der Waals surface area contributed by atoms with E-state index in [4.69, 9.17) is 19.3 Å². The van der Waals surface area contributed by atoms with E-state index in [0.29, 0.717) is 0 Å². The Morgan fingerprint density at radius 3 is 2.44 bits per heavy atom. The fourth-order valence-corrected chi connectivity index (χ4v) is 1.58. The van der Waals surface area contributed by atoms with E-state index < -0.39 is 43.3 Å². The third-order valence-corrected chi connectivity index (χ3v) is 2.36. The first-order chi connectivity index (χ1) is 7.51. The first-order valence-corrected chi connectivity index (χ1v) is 4.83. The van der Waals surface area contributed by atoms with Gasteiger partial charge in [0.2, 0.25) is 0 Å². The van der Waals surface area contributed by atoms with Crippen molar-refractivity contribution in [3.8, 4) is 0 Å². The third-order valence-electron chi connectivity index (χ3n) is 2.36. The van der Waals surface area contributed by atoms with Crippen LogP contribution in [-0.4, -0.2) is 65.7 Å². The predicted octanol–water partition coefficient (Wildman–Crippen LogP) is -2.00. The van der Waals surface area contributed by atoms with Crippen LogP contribution in [0.2, 0.25) is 0 Å². The molecule has 1 saturated heterocycles. The highest BCUT2D eigenvalue weighted by atomic mass is 16.7. The van der Waals surface area contributed by atoms with Crippen LogP contribution in [0.5, 0.6) is 0 Å². The Kier molecular flexibility index (Phi) is 4.63. The van der Waals surface area contributed by atoms with Gasteiger partial charge in [0.1, 0.15) is 18.3 Å². The number of carbonyl (C=O) groups excluding carboxylic acids is 1. The van der Waals surface area contributed by atoms with Crippen molar-refractivity contribution < 1.29 is 34.3 Å². The molecule has 1 aliphatic rings. The molecule has 0 radical (unpaired) electrons. The van der Waals surface area contributed by atoms with Gasteiger partial charge in [0.05, 0.1) is 6.61 Å². The number of rotatable bonds is 3. The molecule has 3 N–H and O–H groups in total. The number of aliphatic hydroxyl groups is 3. The standard InChI is InChI=1S/C9H16O7/c1-4(11)15-8-5(3-10)16-9(14-2)7(13)6(8)12/h5-10,12-13H,3H2,1-2H3. The smallest absolute Gasteiger partial charge is 0.303 e. The molecule has 1 heterocycles. The van der Waals surface area contributed by atoms with Gasteiger partial charge in [0.25, 0.3) is 0 Å². The average molecular weight is 236 g/mol. The van der Waals surface area contributed by atoms with Crippen LogP contribution in [0, 0.1) is 0 Å². The van der Waals surface area contributed by atoms with Crippen molar-refractivity contribution in [2.75, 3.05) is 13.7 Å². The number of esters is 1. The molecule has 0 aliphatic carbocycles. The molecule has 0 spiro atoms. The van der Waals surface area contributed by atoms with Gasteiger partial charge in [0, 0.05) is 14.0 Å². The lowest BCUT2D eigenvalue weighted by Gasteiger charge is -2.40. The van der Waals surface area contributed by atoms with E-state index in [2.05, 4.69) is 0 Å². The molecule has 1 rings (SSSR count). The maximum Gasteiger partial charge on any atom is 0.303 e. The second-order valence-electron chi connectivity index (χ2n) is 3.52. The molecular formula is C9H16O7. The molecule has 0 bridgehead atoms. The number of aliphatic hydroxyl groups excluding tert-OH is 3. The van der Waals surface area contributed by atoms with Gasteiger partial charge in [0.15, 0.2) is 12.4 Å². The third kappa shape index (κ3) is 2.69. The monoisotopic (exact) mass is 236 g/mol. The molecule has 0 aromatic carbocycles. The fourth-order valence-electron chi connectivity index (χ4n) is 1.58. The molecule has 1 fully saturated rings. The molecule has 16 heavy (non-hydrogen) atoms. The molecular weight excluding hydrogens is 220 g/mol. The Morgan fingerprint density at radius 2 is 2.00 bits per heavy atom. The first-order valence-electron chi connectivity index (χ1n) is 4.83. The zero-order valence-corrected chi connectivity index (χ0v) is 9.07. The maximum absolute atomic E-state index is 10.8. The molecule has 5 unspecified atom stereocenters. The Bertz CT molecular complexity index is 242. The lowest BCUT2D eigenvalue weighted by atomic mass is 9.99. The summed E-state index contributed by atoms with van der Waals surface area (Å²) in [6.07, 6.45) is -5.79. The molecule has 0 amide bonds. The molecule has 1 aliphatic heterocycles.